The van der Waals surface area contributed by atoms with E-state index in [9.17, 15) is 28.8 Å². The number of nitrogens with zero attached hydrogens (tertiary/aromatic N) is 1. The first-order chi connectivity index (χ1) is 27.0. The van der Waals surface area contributed by atoms with E-state index >= 15 is 0 Å². The predicted molar refractivity (Wildman–Crippen MR) is 222 cm³/mol. The van der Waals surface area contributed by atoms with Gasteiger partial charge in [-0.05, 0) is 106 Å². The minimum absolute atomic E-state index is 0.138. The highest BCUT2D eigenvalue weighted by atomic mass is 16.6. The van der Waals surface area contributed by atoms with Gasteiger partial charge in [0.05, 0.1) is 5.71 Å². The van der Waals surface area contributed by atoms with Gasteiger partial charge in [0.1, 0.15) is 18.7 Å². The van der Waals surface area contributed by atoms with Crippen LogP contribution in [0.2, 0.25) is 0 Å². The number of hydrogen-bond acceptors (Lipinski definition) is 8. The molecule has 2 rings (SSSR count). The third-order valence-corrected chi connectivity index (χ3v) is 9.46. The zero-order chi connectivity index (χ0) is 42.5. The van der Waals surface area contributed by atoms with Gasteiger partial charge < -0.3 is 37.6 Å². The van der Waals surface area contributed by atoms with E-state index in [2.05, 4.69) is 26.4 Å². The highest BCUT2D eigenvalue weighted by molar-refractivity contribution is 6.00. The van der Waals surface area contributed by atoms with Gasteiger partial charge in [0.2, 0.25) is 23.6 Å². The van der Waals surface area contributed by atoms with Crippen molar-refractivity contribution in [1.82, 2.24) is 21.3 Å². The largest absolute Gasteiger partial charge is 0.391 e. The third kappa shape index (κ3) is 18.5. The highest BCUT2D eigenvalue weighted by Crippen LogP contribution is 2.14. The predicted octanol–water partition coefficient (Wildman–Crippen LogP) is 4.73. The lowest BCUT2D eigenvalue weighted by Gasteiger charge is -2.19. The lowest BCUT2D eigenvalue weighted by Crippen LogP contribution is -2.46. The maximum Gasteiger partial charge on any atom is 0.251 e. The summed E-state index contributed by atoms with van der Waals surface area (Å²) in [5, 5.41) is 15.5. The fourth-order valence-corrected chi connectivity index (χ4v) is 6.30. The molecular weight excluding hydrogens is 727 g/mol. The fourth-order valence-electron chi connectivity index (χ4n) is 6.30. The van der Waals surface area contributed by atoms with Gasteiger partial charge in [0.15, 0.2) is 0 Å². The summed E-state index contributed by atoms with van der Waals surface area (Å²) in [7, 11) is 0. The normalized spacial score (nSPS) is 13.6. The van der Waals surface area contributed by atoms with Gasteiger partial charge in [-0.2, -0.15) is 0 Å². The van der Waals surface area contributed by atoms with Gasteiger partial charge in [-0.3, -0.25) is 28.8 Å². The molecule has 0 radical (unpaired) electrons. The number of amides is 6. The van der Waals surface area contributed by atoms with E-state index in [0.717, 1.165) is 24.0 Å². The van der Waals surface area contributed by atoms with Crippen LogP contribution in [0.4, 0.5) is 0 Å². The maximum atomic E-state index is 12.8. The zero-order valence-electron chi connectivity index (χ0n) is 34.8. The average Bonchev–Trinajstić information content (AvgIpc) is 3.15. The van der Waals surface area contributed by atoms with Crippen LogP contribution in [-0.4, -0.2) is 66.3 Å². The number of hydrogen-bond donors (Lipinski definition) is 6. The molecule has 0 saturated carbocycles. The number of oxime groups is 1. The molecule has 6 amide bonds. The number of carbonyl (C=O) groups is 6. The summed E-state index contributed by atoms with van der Waals surface area (Å²) >= 11 is 0. The van der Waals surface area contributed by atoms with Crippen molar-refractivity contribution in [1.29, 1.82) is 0 Å². The van der Waals surface area contributed by atoms with Crippen LogP contribution in [0.1, 0.15) is 132 Å². The Balaban J connectivity index is 1.75. The number of unbranched alkanes of at least 4 members (excludes halogenated alkanes) is 2. The third-order valence-electron chi connectivity index (χ3n) is 9.46. The summed E-state index contributed by atoms with van der Waals surface area (Å²) in [4.78, 5) is 79.7. The Morgan fingerprint density at radius 2 is 1.09 bits per heavy atom. The Bertz CT molecular complexity index is 1660. The lowest BCUT2D eigenvalue weighted by molar-refractivity contribution is -0.130. The molecule has 0 fully saturated rings. The van der Waals surface area contributed by atoms with Crippen molar-refractivity contribution in [2.75, 3.05) is 13.1 Å². The summed E-state index contributed by atoms with van der Waals surface area (Å²) < 4.78 is 0. The number of carbonyl (C=O) groups excluding carboxylic acids is 6. The second-order valence-corrected chi connectivity index (χ2v) is 15.7. The molecule has 14 heteroatoms. The molecule has 57 heavy (non-hydrogen) atoms. The quantitative estimate of drug-likeness (QED) is 0.0446. The van der Waals surface area contributed by atoms with Crippen molar-refractivity contribution >= 4 is 41.2 Å². The van der Waals surface area contributed by atoms with E-state index in [1.807, 2.05) is 47.6 Å². The molecule has 0 aliphatic rings. The molecule has 0 heterocycles. The highest BCUT2D eigenvalue weighted by Gasteiger charge is 2.23. The minimum atomic E-state index is -0.748. The Morgan fingerprint density at radius 1 is 0.632 bits per heavy atom. The van der Waals surface area contributed by atoms with E-state index in [1.165, 1.54) is 0 Å². The lowest BCUT2D eigenvalue weighted by atomic mass is 9.97. The topological polar surface area (TPSA) is 224 Å². The van der Waals surface area contributed by atoms with Crippen molar-refractivity contribution < 1.29 is 33.6 Å². The van der Waals surface area contributed by atoms with Crippen molar-refractivity contribution in [3.8, 4) is 0 Å². The van der Waals surface area contributed by atoms with Gasteiger partial charge in [-0.25, -0.2) is 0 Å². The molecule has 8 N–H and O–H groups in total. The Labute approximate surface area is 338 Å². The summed E-state index contributed by atoms with van der Waals surface area (Å²) in [6, 6.07) is 12.5. The van der Waals surface area contributed by atoms with Crippen LogP contribution in [-0.2, 0) is 30.6 Å². The molecule has 0 bridgehead atoms. The van der Waals surface area contributed by atoms with Gasteiger partial charge in [0.25, 0.3) is 11.8 Å². The molecule has 0 aliphatic carbocycles. The second kappa shape index (κ2) is 25.1. The summed E-state index contributed by atoms with van der Waals surface area (Å²) in [6.45, 7) is 14.6. The van der Waals surface area contributed by atoms with E-state index in [4.69, 9.17) is 16.3 Å². The number of rotatable bonds is 26. The fraction of sp³-hybridized carbons (Fsp3) is 0.558. The monoisotopic (exact) mass is 791 g/mol. The van der Waals surface area contributed by atoms with Gasteiger partial charge >= 0.3 is 0 Å². The van der Waals surface area contributed by atoms with Crippen LogP contribution in [0.5, 0.6) is 0 Å². The number of nitrogens with two attached hydrogens (primary N) is 2. The van der Waals surface area contributed by atoms with Gasteiger partial charge in [-0.15, -0.1) is 0 Å². The number of benzene rings is 2. The summed E-state index contributed by atoms with van der Waals surface area (Å²) in [5.74, 6) is -1.68. The van der Waals surface area contributed by atoms with E-state index in [0.29, 0.717) is 80.3 Å². The van der Waals surface area contributed by atoms with Crippen LogP contribution >= 0.6 is 0 Å². The van der Waals surface area contributed by atoms with Crippen molar-refractivity contribution in [2.24, 2.45) is 40.3 Å². The molecule has 0 unspecified atom stereocenters. The molecular formula is C43H65N7O7. The molecule has 0 aliphatic heterocycles. The van der Waals surface area contributed by atoms with E-state index in [-0.39, 0.29) is 42.1 Å². The molecule has 14 nitrogen and oxygen atoms in total. The molecule has 0 saturated heterocycles. The first-order valence-electron chi connectivity index (χ1n) is 20.1. The smallest absolute Gasteiger partial charge is 0.251 e. The molecule has 0 spiro atoms. The number of nitrogens with one attached hydrogen (secondary N) is 4. The second-order valence-electron chi connectivity index (χ2n) is 15.7. The van der Waals surface area contributed by atoms with Crippen molar-refractivity contribution in [3.63, 3.8) is 0 Å². The Morgan fingerprint density at radius 3 is 1.54 bits per heavy atom. The van der Waals surface area contributed by atoms with Crippen LogP contribution in [0.3, 0.4) is 0 Å². The average molecular weight is 792 g/mol. The molecule has 0 aromatic heterocycles. The van der Waals surface area contributed by atoms with Gasteiger partial charge in [-0.1, -0.05) is 71.0 Å². The summed E-state index contributed by atoms with van der Waals surface area (Å²) in [6.07, 6.45) is 4.65. The molecule has 4 atom stereocenters. The zero-order valence-corrected chi connectivity index (χ0v) is 34.8. The van der Waals surface area contributed by atoms with Gasteiger partial charge in [0, 0.05) is 36.1 Å². The van der Waals surface area contributed by atoms with Crippen LogP contribution in [0.15, 0.2) is 53.7 Å². The first kappa shape index (κ1) is 47.9. The maximum absolute atomic E-state index is 12.8. The Kier molecular flexibility index (Phi) is 21.1. The van der Waals surface area contributed by atoms with Crippen LogP contribution in [0, 0.1) is 23.7 Å². The van der Waals surface area contributed by atoms with Crippen LogP contribution in [0.25, 0.3) is 0 Å². The summed E-state index contributed by atoms with van der Waals surface area (Å²) in [5.41, 5.74) is 14.1. The molecule has 314 valence electrons. The van der Waals surface area contributed by atoms with E-state index < -0.39 is 23.9 Å². The van der Waals surface area contributed by atoms with Crippen molar-refractivity contribution in [3.05, 3.63) is 70.8 Å². The Hall–Kier alpha value is -5.27. The van der Waals surface area contributed by atoms with Crippen molar-refractivity contribution in [2.45, 2.75) is 119 Å². The van der Waals surface area contributed by atoms with E-state index in [1.54, 1.807) is 49.4 Å². The molecule has 2 aromatic rings. The SMILES string of the molecule is C/C(=N\OCc1cccc(C(=O)NCCCC[C@H](NC(=O)[C@@H](C)CC(C)C)C(N)=O)c1)c1ccc(C(=O)NCCCC[C@H](NC(=O)[C@@H](C)CC(C)C)C(N)=O)cc1. The van der Waals surface area contributed by atoms with Crippen LogP contribution < -0.4 is 32.7 Å². The number of primary amides is 2. The molecule has 2 aromatic carbocycles. The first-order valence-corrected chi connectivity index (χ1v) is 20.1. The minimum Gasteiger partial charge on any atom is -0.391 e. The standard InChI is InChI=1S/C43H65N7O7/c1-27(2)23-29(5)40(53)48-36(38(44)51)15-8-10-21-46-42(55)34-19-17-33(18-20-34)31(7)50-57-26-32-13-12-14-35(25-32)43(56)47-22-11-9-16-37(39(45)52)49-41(54)30(6)24-28(3)4/h12-14,17-20,25,27-30,36-37H,8-11,15-16,21-24,26H2,1-7H3,(H2,44,51)(H2,45,52)(H,46,55)(H,47,56)(H,48,53)(H,49,54)/b50-31+/t29-,30-,36-,37-/m0/s1.